The van der Waals surface area contributed by atoms with Crippen LogP contribution in [0.1, 0.15) is 62.5 Å². The van der Waals surface area contributed by atoms with Gasteiger partial charge >= 0.3 is 0 Å². The van der Waals surface area contributed by atoms with Crippen LogP contribution in [-0.2, 0) is 10.3 Å². The fourth-order valence-electron chi connectivity index (χ4n) is 2.95. The van der Waals surface area contributed by atoms with E-state index in [-0.39, 0.29) is 5.82 Å². The predicted molar refractivity (Wildman–Crippen MR) is 76.9 cm³/mol. The van der Waals surface area contributed by atoms with E-state index in [2.05, 4.69) is 16.0 Å². The molecule has 0 bridgehead atoms. The lowest BCUT2D eigenvalue weighted by molar-refractivity contribution is -0.0624. The largest absolute Gasteiger partial charge is 0.382 e. The summed E-state index contributed by atoms with van der Waals surface area (Å²) in [5.74, 6) is 0.911. The second-order valence-corrected chi connectivity index (χ2v) is 5.35. The smallest absolute Gasteiger partial charge is 0.162 e. The third kappa shape index (κ3) is 2.75. The third-order valence-electron chi connectivity index (χ3n) is 3.97. The number of rotatable bonds is 3. The molecule has 0 atom stereocenters. The molecular weight excluding hydrogens is 252 g/mol. The Morgan fingerprint density at radius 1 is 1.25 bits per heavy atom. The van der Waals surface area contributed by atoms with Crippen molar-refractivity contribution in [2.45, 2.75) is 58.0 Å². The molecule has 20 heavy (non-hydrogen) atoms. The van der Waals surface area contributed by atoms with Crippen molar-refractivity contribution < 1.29 is 4.74 Å². The van der Waals surface area contributed by atoms with Crippen LogP contribution in [0.5, 0.6) is 0 Å². The first kappa shape index (κ1) is 14.7. The lowest BCUT2D eigenvalue weighted by atomic mass is 9.92. The molecular formula is C15H22N4O. The monoisotopic (exact) mass is 274 g/mol. The Hall–Kier alpha value is -1.67. The predicted octanol–water partition coefficient (Wildman–Crippen LogP) is 2.82. The van der Waals surface area contributed by atoms with Gasteiger partial charge in [0.05, 0.1) is 5.69 Å². The summed E-state index contributed by atoms with van der Waals surface area (Å²) >= 11 is 0. The fraction of sp³-hybridized carbons (Fsp3) is 0.667. The average molecular weight is 274 g/mol. The zero-order valence-corrected chi connectivity index (χ0v) is 12.3. The van der Waals surface area contributed by atoms with Gasteiger partial charge in [-0.1, -0.05) is 25.7 Å². The van der Waals surface area contributed by atoms with Crippen molar-refractivity contribution in [1.29, 1.82) is 5.26 Å². The standard InChI is InChI=1S/C15H22N4O/c1-3-20-15(8-6-4-5-7-9-15)14-18-11(2)12(10-16)13(17)19-14/h3-9H2,1-2H3,(H2,17,18,19). The van der Waals surface area contributed by atoms with Crippen molar-refractivity contribution >= 4 is 5.82 Å². The van der Waals surface area contributed by atoms with Gasteiger partial charge in [-0.25, -0.2) is 9.97 Å². The number of aryl methyl sites for hydroxylation is 1. The summed E-state index contributed by atoms with van der Waals surface area (Å²) in [7, 11) is 0. The number of hydrogen-bond donors (Lipinski definition) is 1. The molecule has 1 aromatic rings. The Bertz CT molecular complexity index is 490. The Morgan fingerprint density at radius 2 is 1.90 bits per heavy atom. The number of anilines is 1. The Kier molecular flexibility index (Phi) is 4.56. The van der Waals surface area contributed by atoms with Crippen LogP contribution in [0, 0.1) is 18.3 Å². The summed E-state index contributed by atoms with van der Waals surface area (Å²) in [4.78, 5) is 8.90. The highest BCUT2D eigenvalue weighted by Crippen LogP contribution is 2.38. The van der Waals surface area contributed by atoms with E-state index in [9.17, 15) is 0 Å². The highest BCUT2D eigenvalue weighted by Gasteiger charge is 2.37. The highest BCUT2D eigenvalue weighted by atomic mass is 16.5. The van der Waals surface area contributed by atoms with Gasteiger partial charge < -0.3 is 10.5 Å². The molecule has 0 unspecified atom stereocenters. The highest BCUT2D eigenvalue weighted by molar-refractivity contribution is 5.50. The van der Waals surface area contributed by atoms with Crippen LogP contribution in [0.15, 0.2) is 0 Å². The van der Waals surface area contributed by atoms with E-state index in [1.54, 1.807) is 6.92 Å². The minimum atomic E-state index is -0.432. The molecule has 0 spiro atoms. The van der Waals surface area contributed by atoms with Gasteiger partial charge in [-0.2, -0.15) is 5.26 Å². The Labute approximate surface area is 120 Å². The van der Waals surface area contributed by atoms with E-state index in [1.165, 1.54) is 12.8 Å². The minimum absolute atomic E-state index is 0.262. The van der Waals surface area contributed by atoms with E-state index < -0.39 is 5.60 Å². The molecule has 1 aromatic heterocycles. The van der Waals surface area contributed by atoms with Crippen LogP contribution in [-0.4, -0.2) is 16.6 Å². The SMILES string of the molecule is CCOC1(c2nc(C)c(C#N)c(N)n2)CCCCCC1. The molecule has 0 radical (unpaired) electrons. The second kappa shape index (κ2) is 6.19. The summed E-state index contributed by atoms with van der Waals surface area (Å²) < 4.78 is 6.06. The molecule has 108 valence electrons. The summed E-state index contributed by atoms with van der Waals surface area (Å²) in [5, 5.41) is 9.07. The molecule has 1 heterocycles. The van der Waals surface area contributed by atoms with Crippen molar-refractivity contribution in [1.82, 2.24) is 9.97 Å². The van der Waals surface area contributed by atoms with Gasteiger partial charge in [0.15, 0.2) is 5.82 Å². The Balaban J connectivity index is 2.46. The average Bonchev–Trinajstić information content (AvgIpc) is 2.65. The Morgan fingerprint density at radius 3 is 2.40 bits per heavy atom. The molecule has 2 rings (SSSR count). The minimum Gasteiger partial charge on any atom is -0.382 e. The van der Waals surface area contributed by atoms with Crippen molar-refractivity contribution in [2.75, 3.05) is 12.3 Å². The number of ether oxygens (including phenoxy) is 1. The summed E-state index contributed by atoms with van der Waals surface area (Å²) in [6, 6.07) is 2.06. The normalized spacial score (nSPS) is 18.2. The van der Waals surface area contributed by atoms with Gasteiger partial charge in [-0.15, -0.1) is 0 Å². The number of nitrogens with two attached hydrogens (primary N) is 1. The first-order chi connectivity index (χ1) is 9.63. The molecule has 5 nitrogen and oxygen atoms in total. The van der Waals surface area contributed by atoms with Gasteiger partial charge in [0, 0.05) is 6.61 Å². The first-order valence-corrected chi connectivity index (χ1v) is 7.31. The van der Waals surface area contributed by atoms with Gasteiger partial charge in [0.25, 0.3) is 0 Å². The van der Waals surface area contributed by atoms with E-state index in [0.717, 1.165) is 25.7 Å². The maximum absolute atomic E-state index is 9.07. The van der Waals surface area contributed by atoms with Crippen molar-refractivity contribution in [2.24, 2.45) is 0 Å². The van der Waals surface area contributed by atoms with Gasteiger partial charge in [0.1, 0.15) is 23.1 Å². The molecule has 0 saturated heterocycles. The zero-order valence-electron chi connectivity index (χ0n) is 12.3. The molecule has 1 fully saturated rings. The number of hydrogen-bond acceptors (Lipinski definition) is 5. The van der Waals surface area contributed by atoms with E-state index in [0.29, 0.717) is 23.7 Å². The van der Waals surface area contributed by atoms with E-state index in [4.69, 9.17) is 15.7 Å². The summed E-state index contributed by atoms with van der Waals surface area (Å²) in [6.07, 6.45) is 6.51. The van der Waals surface area contributed by atoms with Gasteiger partial charge in [-0.05, 0) is 26.7 Å². The van der Waals surface area contributed by atoms with Crippen LogP contribution in [0.3, 0.4) is 0 Å². The molecule has 1 saturated carbocycles. The summed E-state index contributed by atoms with van der Waals surface area (Å²) in [5.41, 5.74) is 6.48. The molecule has 1 aliphatic carbocycles. The van der Waals surface area contributed by atoms with Crippen LogP contribution in [0.4, 0.5) is 5.82 Å². The van der Waals surface area contributed by atoms with Crippen molar-refractivity contribution in [3.63, 3.8) is 0 Å². The third-order valence-corrected chi connectivity index (χ3v) is 3.97. The van der Waals surface area contributed by atoms with Crippen LogP contribution in [0.2, 0.25) is 0 Å². The lowest BCUT2D eigenvalue weighted by Crippen LogP contribution is -2.32. The van der Waals surface area contributed by atoms with Crippen LogP contribution in [0.25, 0.3) is 0 Å². The maximum Gasteiger partial charge on any atom is 0.162 e. The first-order valence-electron chi connectivity index (χ1n) is 7.31. The quantitative estimate of drug-likeness (QED) is 0.857. The maximum atomic E-state index is 9.07. The lowest BCUT2D eigenvalue weighted by Gasteiger charge is -2.31. The number of nitrogen functional groups attached to an aromatic ring is 1. The summed E-state index contributed by atoms with van der Waals surface area (Å²) in [6.45, 7) is 4.42. The molecule has 0 amide bonds. The fourth-order valence-corrected chi connectivity index (χ4v) is 2.95. The number of aromatic nitrogens is 2. The van der Waals surface area contributed by atoms with Crippen molar-refractivity contribution in [3.05, 3.63) is 17.1 Å². The zero-order chi connectivity index (χ0) is 14.6. The molecule has 1 aliphatic rings. The number of nitriles is 1. The van der Waals surface area contributed by atoms with Gasteiger partial charge in [-0.3, -0.25) is 0 Å². The van der Waals surface area contributed by atoms with E-state index in [1.807, 2.05) is 6.92 Å². The van der Waals surface area contributed by atoms with Crippen LogP contribution < -0.4 is 5.73 Å². The molecule has 0 aliphatic heterocycles. The number of nitrogens with zero attached hydrogens (tertiary/aromatic N) is 3. The second-order valence-electron chi connectivity index (χ2n) is 5.35. The van der Waals surface area contributed by atoms with Crippen LogP contribution >= 0.6 is 0 Å². The van der Waals surface area contributed by atoms with Crippen molar-refractivity contribution in [3.8, 4) is 6.07 Å². The molecule has 2 N–H and O–H groups in total. The van der Waals surface area contributed by atoms with E-state index >= 15 is 0 Å². The topological polar surface area (TPSA) is 84.8 Å². The molecule has 5 heteroatoms. The van der Waals surface area contributed by atoms with Gasteiger partial charge in [0.2, 0.25) is 0 Å². The molecule has 0 aromatic carbocycles.